The van der Waals surface area contributed by atoms with Gasteiger partial charge in [0, 0.05) is 5.57 Å². The van der Waals surface area contributed by atoms with Crippen LogP contribution >= 0.6 is 0 Å². The van der Waals surface area contributed by atoms with Gasteiger partial charge in [0.2, 0.25) is 0 Å². The van der Waals surface area contributed by atoms with Gasteiger partial charge in [0.05, 0.1) is 5.92 Å². The lowest BCUT2D eigenvalue weighted by atomic mass is 9.89. The van der Waals surface area contributed by atoms with Gasteiger partial charge >= 0.3 is 0 Å². The zero-order valence-corrected chi connectivity index (χ0v) is 9.53. The van der Waals surface area contributed by atoms with Crippen LogP contribution in [0, 0.1) is 5.92 Å². The normalized spacial score (nSPS) is 25.9. The van der Waals surface area contributed by atoms with Crippen molar-refractivity contribution >= 4 is 11.6 Å². The summed E-state index contributed by atoms with van der Waals surface area (Å²) in [5, 5.41) is 0. The summed E-state index contributed by atoms with van der Waals surface area (Å²) in [6.07, 6.45) is 3.33. The molecule has 0 N–H and O–H groups in total. The number of hydrogen-bond donors (Lipinski definition) is 0. The second kappa shape index (κ2) is 4.43. The quantitative estimate of drug-likeness (QED) is 0.666. The van der Waals surface area contributed by atoms with Crippen molar-refractivity contribution in [3.05, 3.63) is 23.5 Å². The molecule has 3 heteroatoms. The maximum Gasteiger partial charge on any atom is 0.160 e. The van der Waals surface area contributed by atoms with Crippen LogP contribution in [0.25, 0.3) is 0 Å². The summed E-state index contributed by atoms with van der Waals surface area (Å²) in [5.74, 6) is 0.0318. The molecule has 0 fully saturated rings. The molecular formula is C12H16O3. The average Bonchev–Trinajstić information content (AvgIpc) is 2.42. The van der Waals surface area contributed by atoms with E-state index in [1.807, 2.05) is 19.1 Å². The summed E-state index contributed by atoms with van der Waals surface area (Å²) in [4.78, 5) is 22.9. The molecule has 0 saturated heterocycles. The van der Waals surface area contributed by atoms with E-state index in [1.165, 1.54) is 13.8 Å². The van der Waals surface area contributed by atoms with E-state index in [2.05, 4.69) is 0 Å². The maximum atomic E-state index is 11.5. The van der Waals surface area contributed by atoms with Crippen molar-refractivity contribution < 1.29 is 14.3 Å². The third kappa shape index (κ3) is 2.17. The lowest BCUT2D eigenvalue weighted by Crippen LogP contribution is -2.25. The van der Waals surface area contributed by atoms with Gasteiger partial charge in [0.1, 0.15) is 17.6 Å². The second-order valence-electron chi connectivity index (χ2n) is 3.72. The van der Waals surface area contributed by atoms with Gasteiger partial charge < -0.3 is 4.74 Å². The Morgan fingerprint density at radius 2 is 1.93 bits per heavy atom. The van der Waals surface area contributed by atoms with E-state index in [0.29, 0.717) is 11.3 Å². The highest BCUT2D eigenvalue weighted by Gasteiger charge is 2.38. The molecule has 1 aliphatic rings. The van der Waals surface area contributed by atoms with Gasteiger partial charge in [-0.2, -0.15) is 0 Å². The molecule has 15 heavy (non-hydrogen) atoms. The minimum atomic E-state index is -0.432. The van der Waals surface area contributed by atoms with Crippen molar-refractivity contribution in [1.29, 1.82) is 0 Å². The number of carbonyl (C=O) groups excluding carboxylic acids is 2. The summed E-state index contributed by atoms with van der Waals surface area (Å²) in [6, 6.07) is 0. The number of hydrogen-bond acceptors (Lipinski definition) is 3. The van der Waals surface area contributed by atoms with E-state index < -0.39 is 5.92 Å². The molecule has 0 radical (unpaired) electrons. The zero-order chi connectivity index (χ0) is 11.6. The Morgan fingerprint density at radius 1 is 1.33 bits per heavy atom. The van der Waals surface area contributed by atoms with Crippen LogP contribution in [0.2, 0.25) is 0 Å². The molecule has 0 saturated carbocycles. The molecule has 0 aliphatic carbocycles. The highest BCUT2D eigenvalue weighted by atomic mass is 16.5. The van der Waals surface area contributed by atoms with E-state index in [0.717, 1.165) is 0 Å². The van der Waals surface area contributed by atoms with Gasteiger partial charge in [0.25, 0.3) is 0 Å². The first-order chi connectivity index (χ1) is 6.99. The first-order valence-electron chi connectivity index (χ1n) is 5.00. The Kier molecular flexibility index (Phi) is 3.45. The van der Waals surface area contributed by atoms with Crippen molar-refractivity contribution in [3.8, 4) is 0 Å². The van der Waals surface area contributed by atoms with Crippen LogP contribution in [0.5, 0.6) is 0 Å². The number of ether oxygens (including phenoxy) is 1. The molecule has 0 aromatic heterocycles. The third-order valence-corrected chi connectivity index (χ3v) is 2.53. The van der Waals surface area contributed by atoms with Gasteiger partial charge in [-0.1, -0.05) is 6.08 Å². The average molecular weight is 208 g/mol. The van der Waals surface area contributed by atoms with E-state index >= 15 is 0 Å². The van der Waals surface area contributed by atoms with E-state index in [4.69, 9.17) is 4.74 Å². The summed E-state index contributed by atoms with van der Waals surface area (Å²) >= 11 is 0. The van der Waals surface area contributed by atoms with Crippen LogP contribution in [-0.4, -0.2) is 17.7 Å². The van der Waals surface area contributed by atoms with Crippen molar-refractivity contribution in [1.82, 2.24) is 0 Å². The number of ketones is 2. The fourth-order valence-electron chi connectivity index (χ4n) is 1.96. The first kappa shape index (κ1) is 11.7. The lowest BCUT2D eigenvalue weighted by Gasteiger charge is -2.14. The Balaban J connectivity index is 3.09. The standard InChI is InChI=1S/C12H16O3/c1-5-6-10-12(8(3)14)11(7(2)13)9(4)15-10/h5-6,10,12H,1-4H3. The fraction of sp³-hybridized carbons (Fsp3) is 0.500. The third-order valence-electron chi connectivity index (χ3n) is 2.53. The molecule has 1 rings (SSSR count). The molecule has 0 amide bonds. The lowest BCUT2D eigenvalue weighted by molar-refractivity contribution is -0.123. The molecule has 0 aromatic rings. The van der Waals surface area contributed by atoms with Crippen LogP contribution < -0.4 is 0 Å². The first-order valence-corrected chi connectivity index (χ1v) is 5.00. The van der Waals surface area contributed by atoms with Gasteiger partial charge in [-0.15, -0.1) is 0 Å². The predicted octanol–water partition coefficient (Wildman–Crippen LogP) is 2.03. The Morgan fingerprint density at radius 3 is 2.33 bits per heavy atom. The minimum Gasteiger partial charge on any atom is -0.489 e. The van der Waals surface area contributed by atoms with E-state index in [9.17, 15) is 9.59 Å². The molecule has 2 atom stereocenters. The van der Waals surface area contributed by atoms with Crippen molar-refractivity contribution in [3.63, 3.8) is 0 Å². The van der Waals surface area contributed by atoms with Crippen LogP contribution in [0.15, 0.2) is 23.5 Å². The van der Waals surface area contributed by atoms with Crippen LogP contribution in [-0.2, 0) is 14.3 Å². The predicted molar refractivity (Wildman–Crippen MR) is 57.2 cm³/mol. The van der Waals surface area contributed by atoms with Crippen LogP contribution in [0.4, 0.5) is 0 Å². The molecule has 0 aromatic carbocycles. The Bertz CT molecular complexity index is 350. The van der Waals surface area contributed by atoms with Crippen LogP contribution in [0.1, 0.15) is 27.7 Å². The van der Waals surface area contributed by atoms with Gasteiger partial charge in [0.15, 0.2) is 5.78 Å². The number of carbonyl (C=O) groups is 2. The molecule has 1 heterocycles. The summed E-state index contributed by atoms with van der Waals surface area (Å²) < 4.78 is 5.50. The highest BCUT2D eigenvalue weighted by molar-refractivity contribution is 6.01. The van der Waals surface area contributed by atoms with Crippen molar-refractivity contribution in [2.24, 2.45) is 5.92 Å². The minimum absolute atomic E-state index is 0.0276. The van der Waals surface area contributed by atoms with Crippen molar-refractivity contribution in [2.75, 3.05) is 0 Å². The molecule has 82 valence electrons. The zero-order valence-electron chi connectivity index (χ0n) is 9.53. The monoisotopic (exact) mass is 208 g/mol. The fourth-order valence-corrected chi connectivity index (χ4v) is 1.96. The summed E-state index contributed by atoms with van der Waals surface area (Å²) in [5.41, 5.74) is 0.519. The smallest absolute Gasteiger partial charge is 0.160 e. The topological polar surface area (TPSA) is 43.4 Å². The number of Topliss-reactive ketones (excluding diaryl/α,β-unsaturated/α-hetero) is 2. The highest BCUT2D eigenvalue weighted by Crippen LogP contribution is 2.33. The molecule has 1 aliphatic heterocycles. The van der Waals surface area contributed by atoms with Crippen LogP contribution in [0.3, 0.4) is 0 Å². The Labute approximate surface area is 89.8 Å². The summed E-state index contributed by atoms with van der Waals surface area (Å²) in [7, 11) is 0. The maximum absolute atomic E-state index is 11.5. The molecular weight excluding hydrogens is 192 g/mol. The molecule has 3 nitrogen and oxygen atoms in total. The number of allylic oxidation sites excluding steroid dienone is 2. The molecule has 0 spiro atoms. The SMILES string of the molecule is CC=CC1OC(C)=C(C(C)=O)C1C(C)=O. The van der Waals surface area contributed by atoms with Gasteiger partial charge in [-0.3, -0.25) is 9.59 Å². The van der Waals surface area contributed by atoms with Gasteiger partial charge in [-0.05, 0) is 33.8 Å². The molecule has 0 bridgehead atoms. The largest absolute Gasteiger partial charge is 0.489 e. The van der Waals surface area contributed by atoms with E-state index in [-0.39, 0.29) is 17.7 Å². The second-order valence-corrected chi connectivity index (χ2v) is 3.72. The van der Waals surface area contributed by atoms with Gasteiger partial charge in [-0.25, -0.2) is 0 Å². The summed E-state index contributed by atoms with van der Waals surface area (Å²) in [6.45, 7) is 6.56. The Hall–Kier alpha value is -1.38. The molecule has 2 unspecified atom stereocenters. The van der Waals surface area contributed by atoms with E-state index in [1.54, 1.807) is 6.92 Å². The van der Waals surface area contributed by atoms with Crippen molar-refractivity contribution in [2.45, 2.75) is 33.8 Å². The number of rotatable bonds is 3.